The Labute approximate surface area is 94.6 Å². The van der Waals surface area contributed by atoms with Crippen molar-refractivity contribution in [1.29, 1.82) is 5.26 Å². The zero-order chi connectivity index (χ0) is 11.4. The van der Waals surface area contributed by atoms with Gasteiger partial charge < -0.3 is 4.74 Å². The Morgan fingerprint density at radius 3 is 2.80 bits per heavy atom. The molecule has 0 spiro atoms. The third-order valence-corrected chi connectivity index (χ3v) is 2.49. The monoisotopic (exact) mass is 271 g/mol. The van der Waals surface area contributed by atoms with Gasteiger partial charge in [0.25, 0.3) is 0 Å². The molecule has 0 unspecified atom stereocenters. The summed E-state index contributed by atoms with van der Waals surface area (Å²) in [6.45, 7) is 0. The average Bonchev–Trinajstić information content (AvgIpc) is 2.27. The molecule has 0 fully saturated rings. The first kappa shape index (κ1) is 11.7. The van der Waals surface area contributed by atoms with Gasteiger partial charge in [-0.25, -0.2) is 9.18 Å². The number of rotatable bonds is 2. The quantitative estimate of drug-likeness (QED) is 0.613. The van der Waals surface area contributed by atoms with Gasteiger partial charge in [-0.3, -0.25) is 0 Å². The predicted molar refractivity (Wildman–Crippen MR) is 55.1 cm³/mol. The second-order valence-electron chi connectivity index (χ2n) is 2.69. The number of methoxy groups -OCH3 is 1. The molecule has 0 aliphatic carbocycles. The van der Waals surface area contributed by atoms with E-state index in [1.165, 1.54) is 6.07 Å². The largest absolute Gasteiger partial charge is 0.465 e. The third kappa shape index (κ3) is 2.16. The third-order valence-electron chi connectivity index (χ3n) is 1.89. The van der Waals surface area contributed by atoms with Gasteiger partial charge >= 0.3 is 5.97 Å². The van der Waals surface area contributed by atoms with Crippen molar-refractivity contribution in [2.75, 3.05) is 7.11 Å². The first-order valence-electron chi connectivity index (χ1n) is 4.01. The minimum atomic E-state index is -0.841. The van der Waals surface area contributed by atoms with Gasteiger partial charge in [-0.15, -0.1) is 0 Å². The first-order chi connectivity index (χ1) is 7.15. The van der Waals surface area contributed by atoms with Gasteiger partial charge in [0.15, 0.2) is 0 Å². The summed E-state index contributed by atoms with van der Waals surface area (Å²) in [7, 11) is 1.14. The number of halogens is 2. The molecule has 0 saturated heterocycles. The Morgan fingerprint density at radius 1 is 1.67 bits per heavy atom. The molecule has 0 aliphatic heterocycles. The zero-order valence-corrected chi connectivity index (χ0v) is 9.47. The molecule has 0 heterocycles. The lowest BCUT2D eigenvalue weighted by atomic mass is 10.0. The van der Waals surface area contributed by atoms with Gasteiger partial charge in [-0.1, -0.05) is 22.0 Å². The Balaban J connectivity index is 3.47. The standard InChI is InChI=1S/C10H7BrFNO2/c1-15-10(14)9-7(5-13)6(4-11)2-3-8(9)12/h2-3H,4H2,1H3. The van der Waals surface area contributed by atoms with Crippen molar-refractivity contribution in [2.45, 2.75) is 5.33 Å². The highest BCUT2D eigenvalue weighted by atomic mass is 79.9. The van der Waals surface area contributed by atoms with E-state index in [0.29, 0.717) is 10.9 Å². The van der Waals surface area contributed by atoms with Crippen LogP contribution >= 0.6 is 15.9 Å². The van der Waals surface area contributed by atoms with Gasteiger partial charge in [-0.2, -0.15) is 5.26 Å². The van der Waals surface area contributed by atoms with Gasteiger partial charge in [0.2, 0.25) is 0 Å². The maximum atomic E-state index is 13.3. The van der Waals surface area contributed by atoms with E-state index in [1.54, 1.807) is 6.07 Å². The lowest BCUT2D eigenvalue weighted by Gasteiger charge is -2.06. The van der Waals surface area contributed by atoms with Crippen molar-refractivity contribution < 1.29 is 13.9 Å². The molecule has 0 aliphatic rings. The van der Waals surface area contributed by atoms with Crippen LogP contribution in [-0.2, 0) is 10.1 Å². The Morgan fingerprint density at radius 2 is 2.33 bits per heavy atom. The smallest absolute Gasteiger partial charge is 0.342 e. The van der Waals surface area contributed by atoms with Crippen LogP contribution in [0.2, 0.25) is 0 Å². The normalized spacial score (nSPS) is 9.47. The van der Waals surface area contributed by atoms with Crippen molar-refractivity contribution in [3.8, 4) is 6.07 Å². The number of ether oxygens (including phenoxy) is 1. The van der Waals surface area contributed by atoms with Crippen LogP contribution in [0.25, 0.3) is 0 Å². The summed E-state index contributed by atoms with van der Waals surface area (Å²) in [4.78, 5) is 11.3. The van der Waals surface area contributed by atoms with Crippen LogP contribution < -0.4 is 0 Å². The molecule has 15 heavy (non-hydrogen) atoms. The number of carbonyl (C=O) groups excluding carboxylic acids is 1. The maximum absolute atomic E-state index is 13.3. The molecule has 0 amide bonds. The topological polar surface area (TPSA) is 50.1 Å². The number of esters is 1. The fourth-order valence-electron chi connectivity index (χ4n) is 1.16. The maximum Gasteiger partial charge on any atom is 0.342 e. The van der Waals surface area contributed by atoms with E-state index in [-0.39, 0.29) is 11.1 Å². The number of nitriles is 1. The molecule has 0 saturated carbocycles. The molecule has 1 rings (SSSR count). The van der Waals surface area contributed by atoms with Crippen LogP contribution in [0, 0.1) is 17.1 Å². The molecule has 0 bridgehead atoms. The number of benzene rings is 1. The van der Waals surface area contributed by atoms with Gasteiger partial charge in [-0.05, 0) is 11.6 Å². The zero-order valence-electron chi connectivity index (χ0n) is 7.88. The predicted octanol–water partition coefficient (Wildman–Crippen LogP) is 2.38. The molecule has 0 atom stereocenters. The molecule has 78 valence electrons. The minimum Gasteiger partial charge on any atom is -0.465 e. The summed E-state index contributed by atoms with van der Waals surface area (Å²) in [6.07, 6.45) is 0. The van der Waals surface area contributed by atoms with Crippen LogP contribution in [0.15, 0.2) is 12.1 Å². The highest BCUT2D eigenvalue weighted by Crippen LogP contribution is 2.20. The first-order valence-corrected chi connectivity index (χ1v) is 5.13. The summed E-state index contributed by atoms with van der Waals surface area (Å²) in [5.41, 5.74) is 0.259. The average molecular weight is 272 g/mol. The number of hydrogen-bond acceptors (Lipinski definition) is 3. The van der Waals surface area contributed by atoms with Crippen molar-refractivity contribution in [3.05, 3.63) is 34.6 Å². The van der Waals surface area contributed by atoms with Crippen molar-refractivity contribution in [3.63, 3.8) is 0 Å². The molecule has 1 aromatic rings. The van der Waals surface area contributed by atoms with Gasteiger partial charge in [0.1, 0.15) is 17.4 Å². The lowest BCUT2D eigenvalue weighted by Crippen LogP contribution is -2.09. The minimum absolute atomic E-state index is 0.0127. The van der Waals surface area contributed by atoms with Crippen LogP contribution in [0.3, 0.4) is 0 Å². The van der Waals surface area contributed by atoms with E-state index in [1.807, 2.05) is 0 Å². The second kappa shape index (κ2) is 4.89. The highest BCUT2D eigenvalue weighted by molar-refractivity contribution is 9.08. The van der Waals surface area contributed by atoms with Crippen LogP contribution in [0.4, 0.5) is 4.39 Å². The summed E-state index contributed by atoms with van der Waals surface area (Å²) in [5, 5.41) is 9.23. The van der Waals surface area contributed by atoms with Crippen LogP contribution in [-0.4, -0.2) is 13.1 Å². The summed E-state index contributed by atoms with van der Waals surface area (Å²) in [5.74, 6) is -1.59. The van der Waals surface area contributed by atoms with Crippen molar-refractivity contribution in [1.82, 2.24) is 0 Å². The molecule has 0 N–H and O–H groups in total. The Kier molecular flexibility index (Phi) is 3.81. The van der Waals surface area contributed by atoms with Crippen molar-refractivity contribution >= 4 is 21.9 Å². The summed E-state index contributed by atoms with van der Waals surface area (Å²) in [6, 6.07) is 4.40. The van der Waals surface area contributed by atoms with E-state index in [2.05, 4.69) is 20.7 Å². The fourth-order valence-corrected chi connectivity index (χ4v) is 1.63. The van der Waals surface area contributed by atoms with Crippen LogP contribution in [0.1, 0.15) is 21.5 Å². The number of alkyl halides is 1. The number of carbonyl (C=O) groups is 1. The van der Waals surface area contributed by atoms with E-state index in [4.69, 9.17) is 5.26 Å². The Bertz CT molecular complexity index is 440. The second-order valence-corrected chi connectivity index (χ2v) is 3.25. The van der Waals surface area contributed by atoms with Gasteiger partial charge in [0.05, 0.1) is 12.7 Å². The summed E-state index contributed by atoms with van der Waals surface area (Å²) >= 11 is 3.15. The van der Waals surface area contributed by atoms with Crippen LogP contribution in [0.5, 0.6) is 0 Å². The summed E-state index contributed by atoms with van der Waals surface area (Å²) < 4.78 is 17.7. The highest BCUT2D eigenvalue weighted by Gasteiger charge is 2.20. The molecular formula is C10H7BrFNO2. The lowest BCUT2D eigenvalue weighted by molar-refractivity contribution is 0.0595. The fraction of sp³-hybridized carbons (Fsp3) is 0.200. The molecule has 0 radical (unpaired) electrons. The molecule has 3 nitrogen and oxygen atoms in total. The SMILES string of the molecule is COC(=O)c1c(F)ccc(CBr)c1C#N. The van der Waals surface area contributed by atoms with Crippen molar-refractivity contribution in [2.24, 2.45) is 0 Å². The molecule has 5 heteroatoms. The number of hydrogen-bond donors (Lipinski definition) is 0. The van der Waals surface area contributed by atoms with E-state index in [0.717, 1.165) is 13.2 Å². The number of nitrogens with zero attached hydrogens (tertiary/aromatic N) is 1. The molecular weight excluding hydrogens is 265 g/mol. The molecule has 0 aromatic heterocycles. The van der Waals surface area contributed by atoms with E-state index in [9.17, 15) is 9.18 Å². The molecule has 1 aromatic carbocycles. The van der Waals surface area contributed by atoms with E-state index >= 15 is 0 Å². The Hall–Kier alpha value is -1.41. The van der Waals surface area contributed by atoms with E-state index < -0.39 is 11.8 Å². The van der Waals surface area contributed by atoms with Gasteiger partial charge in [0, 0.05) is 5.33 Å².